The van der Waals surface area contributed by atoms with Gasteiger partial charge in [-0.05, 0) is 44.0 Å². The molecule has 1 aromatic carbocycles. The van der Waals surface area contributed by atoms with E-state index in [-0.39, 0.29) is 0 Å². The summed E-state index contributed by atoms with van der Waals surface area (Å²) in [6.07, 6.45) is 1.21. The molecule has 1 unspecified atom stereocenters. The van der Waals surface area contributed by atoms with Gasteiger partial charge < -0.3 is 10.2 Å². The summed E-state index contributed by atoms with van der Waals surface area (Å²) in [6, 6.07) is 8.57. The lowest BCUT2D eigenvalue weighted by atomic mass is 10.1. The predicted octanol–water partition coefficient (Wildman–Crippen LogP) is 3.07. The van der Waals surface area contributed by atoms with Gasteiger partial charge >= 0.3 is 0 Å². The van der Waals surface area contributed by atoms with Gasteiger partial charge in [0, 0.05) is 19.3 Å². The monoisotopic (exact) mass is 234 g/mol. The minimum atomic E-state index is 0.672. The second kappa shape index (κ2) is 7.33. The molecular formula is C15H26N2. The predicted molar refractivity (Wildman–Crippen MR) is 76.8 cm³/mol. The molecule has 0 aliphatic heterocycles. The molecule has 1 rings (SSSR count). The highest BCUT2D eigenvalue weighted by Gasteiger charge is 2.08. The molecule has 0 aliphatic rings. The number of anilines is 1. The van der Waals surface area contributed by atoms with Crippen LogP contribution in [0.25, 0.3) is 0 Å². The highest BCUT2D eigenvalue weighted by molar-refractivity contribution is 5.52. The summed E-state index contributed by atoms with van der Waals surface area (Å²) >= 11 is 0. The molecule has 0 spiro atoms. The van der Waals surface area contributed by atoms with Gasteiger partial charge in [0.2, 0.25) is 0 Å². The van der Waals surface area contributed by atoms with E-state index in [0.29, 0.717) is 5.92 Å². The van der Waals surface area contributed by atoms with Gasteiger partial charge in [0.1, 0.15) is 0 Å². The standard InChI is InChI=1S/C15H26N2/c1-5-10-16-11-13(2)12-17(4)15-9-7-6-8-14(15)3/h6-9,13,16H,5,10-12H2,1-4H3. The molecule has 0 saturated heterocycles. The highest BCUT2D eigenvalue weighted by atomic mass is 15.1. The Morgan fingerprint density at radius 3 is 2.65 bits per heavy atom. The first kappa shape index (κ1) is 14.0. The number of hydrogen-bond acceptors (Lipinski definition) is 2. The van der Waals surface area contributed by atoms with E-state index in [0.717, 1.165) is 19.6 Å². The van der Waals surface area contributed by atoms with Crippen LogP contribution in [0.3, 0.4) is 0 Å². The van der Waals surface area contributed by atoms with Crippen molar-refractivity contribution in [2.75, 3.05) is 31.6 Å². The topological polar surface area (TPSA) is 15.3 Å². The van der Waals surface area contributed by atoms with Gasteiger partial charge in [0.25, 0.3) is 0 Å². The normalized spacial score (nSPS) is 12.5. The number of benzene rings is 1. The Morgan fingerprint density at radius 2 is 2.00 bits per heavy atom. The Labute approximate surface area is 106 Å². The number of para-hydroxylation sites is 1. The number of rotatable bonds is 7. The van der Waals surface area contributed by atoms with Crippen molar-refractivity contribution in [2.24, 2.45) is 5.92 Å². The van der Waals surface area contributed by atoms with Gasteiger partial charge in [0.15, 0.2) is 0 Å². The van der Waals surface area contributed by atoms with E-state index in [1.54, 1.807) is 0 Å². The highest BCUT2D eigenvalue weighted by Crippen LogP contribution is 2.18. The summed E-state index contributed by atoms with van der Waals surface area (Å²) in [6.45, 7) is 10.0. The van der Waals surface area contributed by atoms with E-state index in [4.69, 9.17) is 0 Å². The van der Waals surface area contributed by atoms with Crippen molar-refractivity contribution < 1.29 is 0 Å². The molecule has 2 nitrogen and oxygen atoms in total. The van der Waals surface area contributed by atoms with Crippen LogP contribution < -0.4 is 10.2 Å². The van der Waals surface area contributed by atoms with Crippen LogP contribution in [0.1, 0.15) is 25.8 Å². The molecule has 0 bridgehead atoms. The fourth-order valence-electron chi connectivity index (χ4n) is 2.15. The van der Waals surface area contributed by atoms with Crippen LogP contribution in [0.5, 0.6) is 0 Å². The van der Waals surface area contributed by atoms with Gasteiger partial charge in [-0.2, -0.15) is 0 Å². The molecule has 1 atom stereocenters. The van der Waals surface area contributed by atoms with Crippen LogP contribution in [0, 0.1) is 12.8 Å². The van der Waals surface area contributed by atoms with Crippen molar-refractivity contribution >= 4 is 5.69 Å². The van der Waals surface area contributed by atoms with Crippen LogP contribution in [0.2, 0.25) is 0 Å². The van der Waals surface area contributed by atoms with Crippen LogP contribution >= 0.6 is 0 Å². The maximum atomic E-state index is 3.48. The van der Waals surface area contributed by atoms with E-state index in [1.165, 1.54) is 17.7 Å². The third-order valence-corrected chi connectivity index (χ3v) is 3.03. The molecule has 0 fully saturated rings. The van der Waals surface area contributed by atoms with Gasteiger partial charge in [-0.15, -0.1) is 0 Å². The quantitative estimate of drug-likeness (QED) is 0.729. The fourth-order valence-corrected chi connectivity index (χ4v) is 2.15. The molecule has 0 amide bonds. The van der Waals surface area contributed by atoms with Crippen LogP contribution in [-0.2, 0) is 0 Å². The molecular weight excluding hydrogens is 208 g/mol. The maximum absolute atomic E-state index is 3.48. The van der Waals surface area contributed by atoms with E-state index in [2.05, 4.69) is 62.3 Å². The number of hydrogen-bond donors (Lipinski definition) is 1. The summed E-state index contributed by atoms with van der Waals surface area (Å²) in [7, 11) is 2.18. The maximum Gasteiger partial charge on any atom is 0.0393 e. The van der Waals surface area contributed by atoms with Crippen molar-refractivity contribution in [3.05, 3.63) is 29.8 Å². The van der Waals surface area contributed by atoms with E-state index in [1.807, 2.05) is 0 Å². The van der Waals surface area contributed by atoms with Gasteiger partial charge in [-0.25, -0.2) is 0 Å². The average Bonchev–Trinajstić information content (AvgIpc) is 2.29. The molecule has 96 valence electrons. The molecule has 0 aliphatic carbocycles. The van der Waals surface area contributed by atoms with Gasteiger partial charge in [-0.3, -0.25) is 0 Å². The first-order valence-electron chi connectivity index (χ1n) is 6.62. The Bertz CT molecular complexity index is 322. The first-order chi connectivity index (χ1) is 8.15. The summed E-state index contributed by atoms with van der Waals surface area (Å²) < 4.78 is 0. The molecule has 0 heterocycles. The Morgan fingerprint density at radius 1 is 1.29 bits per heavy atom. The summed E-state index contributed by atoms with van der Waals surface area (Å²) in [5.41, 5.74) is 2.69. The zero-order chi connectivity index (χ0) is 12.7. The number of nitrogens with zero attached hydrogens (tertiary/aromatic N) is 1. The molecule has 0 saturated carbocycles. The zero-order valence-electron chi connectivity index (χ0n) is 11.7. The van der Waals surface area contributed by atoms with E-state index in [9.17, 15) is 0 Å². The average molecular weight is 234 g/mol. The third-order valence-electron chi connectivity index (χ3n) is 3.03. The van der Waals surface area contributed by atoms with Crippen molar-refractivity contribution in [3.63, 3.8) is 0 Å². The smallest absolute Gasteiger partial charge is 0.0393 e. The molecule has 1 aromatic rings. The Hall–Kier alpha value is -1.02. The van der Waals surface area contributed by atoms with Crippen molar-refractivity contribution in [3.8, 4) is 0 Å². The summed E-state index contributed by atoms with van der Waals surface area (Å²) in [5, 5.41) is 3.48. The van der Waals surface area contributed by atoms with Crippen LogP contribution in [0.15, 0.2) is 24.3 Å². The molecule has 0 radical (unpaired) electrons. The second-order valence-corrected chi connectivity index (χ2v) is 4.98. The second-order valence-electron chi connectivity index (χ2n) is 4.98. The number of aryl methyl sites for hydroxylation is 1. The molecule has 17 heavy (non-hydrogen) atoms. The SMILES string of the molecule is CCCNCC(C)CN(C)c1ccccc1C. The van der Waals surface area contributed by atoms with Gasteiger partial charge in [-0.1, -0.05) is 32.0 Å². The lowest BCUT2D eigenvalue weighted by Gasteiger charge is -2.25. The van der Waals surface area contributed by atoms with E-state index < -0.39 is 0 Å². The zero-order valence-corrected chi connectivity index (χ0v) is 11.7. The minimum Gasteiger partial charge on any atom is -0.374 e. The summed E-state index contributed by atoms with van der Waals surface area (Å²) in [5.74, 6) is 0.672. The van der Waals surface area contributed by atoms with Crippen molar-refractivity contribution in [2.45, 2.75) is 27.2 Å². The molecule has 1 N–H and O–H groups in total. The Balaban J connectivity index is 2.43. The van der Waals surface area contributed by atoms with E-state index >= 15 is 0 Å². The van der Waals surface area contributed by atoms with Crippen LogP contribution in [0.4, 0.5) is 5.69 Å². The molecule has 0 aromatic heterocycles. The van der Waals surface area contributed by atoms with Crippen LogP contribution in [-0.4, -0.2) is 26.7 Å². The van der Waals surface area contributed by atoms with Crippen molar-refractivity contribution in [1.29, 1.82) is 0 Å². The first-order valence-corrected chi connectivity index (χ1v) is 6.62. The largest absolute Gasteiger partial charge is 0.374 e. The fraction of sp³-hybridized carbons (Fsp3) is 0.600. The van der Waals surface area contributed by atoms with Gasteiger partial charge in [0.05, 0.1) is 0 Å². The van der Waals surface area contributed by atoms with Crippen molar-refractivity contribution in [1.82, 2.24) is 5.32 Å². The molecule has 2 heteroatoms. The third kappa shape index (κ3) is 4.78. The Kier molecular flexibility index (Phi) is 6.06. The lowest BCUT2D eigenvalue weighted by molar-refractivity contribution is 0.512. The minimum absolute atomic E-state index is 0.672. The summed E-state index contributed by atoms with van der Waals surface area (Å²) in [4.78, 5) is 2.35. The lowest BCUT2D eigenvalue weighted by Crippen LogP contribution is -2.31. The number of nitrogens with one attached hydrogen (secondary N) is 1.